The highest BCUT2D eigenvalue weighted by Crippen LogP contribution is 2.29. The SMILES string of the molecule is CCN1CCN(CCCOc2ccccc2-c2ccccc2)CC1.O=C(O)C(=O)O. The first-order valence-electron chi connectivity index (χ1n) is 10.2. The molecule has 1 aliphatic heterocycles. The van der Waals surface area contributed by atoms with Crippen molar-refractivity contribution in [2.24, 2.45) is 0 Å². The molecule has 30 heavy (non-hydrogen) atoms. The van der Waals surface area contributed by atoms with Crippen LogP contribution in [0.2, 0.25) is 0 Å². The molecule has 1 fully saturated rings. The van der Waals surface area contributed by atoms with Crippen molar-refractivity contribution in [2.75, 3.05) is 45.9 Å². The van der Waals surface area contributed by atoms with Gasteiger partial charge in [0.15, 0.2) is 0 Å². The molecule has 1 saturated heterocycles. The van der Waals surface area contributed by atoms with E-state index in [2.05, 4.69) is 59.2 Å². The average Bonchev–Trinajstić information content (AvgIpc) is 2.78. The number of carbonyl (C=O) groups is 2. The number of hydrogen-bond acceptors (Lipinski definition) is 5. The van der Waals surface area contributed by atoms with E-state index >= 15 is 0 Å². The molecule has 0 radical (unpaired) electrons. The highest BCUT2D eigenvalue weighted by atomic mass is 16.5. The van der Waals surface area contributed by atoms with Crippen LogP contribution < -0.4 is 4.74 Å². The summed E-state index contributed by atoms with van der Waals surface area (Å²) in [4.78, 5) is 23.3. The fourth-order valence-corrected chi connectivity index (χ4v) is 3.25. The van der Waals surface area contributed by atoms with E-state index in [4.69, 9.17) is 24.5 Å². The second kappa shape index (κ2) is 12.6. The summed E-state index contributed by atoms with van der Waals surface area (Å²) in [6, 6.07) is 18.8. The molecule has 0 bridgehead atoms. The number of aliphatic carboxylic acids is 2. The lowest BCUT2D eigenvalue weighted by atomic mass is 10.1. The monoisotopic (exact) mass is 414 g/mol. The Balaban J connectivity index is 0.000000469. The number of rotatable bonds is 7. The van der Waals surface area contributed by atoms with Crippen molar-refractivity contribution < 1.29 is 24.5 Å². The molecule has 2 aromatic rings. The van der Waals surface area contributed by atoms with E-state index in [1.54, 1.807) is 0 Å². The fourth-order valence-electron chi connectivity index (χ4n) is 3.25. The van der Waals surface area contributed by atoms with Crippen LogP contribution in [0.3, 0.4) is 0 Å². The number of likely N-dealkylation sites (N-methyl/N-ethyl adjacent to an activating group) is 1. The van der Waals surface area contributed by atoms with Crippen LogP contribution in [0.15, 0.2) is 54.6 Å². The van der Waals surface area contributed by atoms with Gasteiger partial charge in [-0.05, 0) is 24.6 Å². The number of carboxylic acid groups (broad SMARTS) is 2. The lowest BCUT2D eigenvalue weighted by Gasteiger charge is -2.33. The van der Waals surface area contributed by atoms with E-state index in [0.717, 1.165) is 25.3 Å². The molecule has 0 aromatic heterocycles. The van der Waals surface area contributed by atoms with Crippen LogP contribution in [-0.4, -0.2) is 77.8 Å². The normalized spacial score (nSPS) is 14.4. The largest absolute Gasteiger partial charge is 0.493 e. The minimum absolute atomic E-state index is 0.776. The van der Waals surface area contributed by atoms with Gasteiger partial charge in [0.2, 0.25) is 0 Å². The molecule has 0 amide bonds. The zero-order valence-electron chi connectivity index (χ0n) is 17.4. The van der Waals surface area contributed by atoms with Gasteiger partial charge in [0.05, 0.1) is 6.61 Å². The molecular formula is C23H30N2O5. The molecule has 1 aliphatic rings. The van der Waals surface area contributed by atoms with E-state index in [0.29, 0.717) is 0 Å². The zero-order valence-corrected chi connectivity index (χ0v) is 17.4. The Morgan fingerprint density at radius 1 is 0.867 bits per heavy atom. The van der Waals surface area contributed by atoms with E-state index in [1.165, 1.54) is 43.9 Å². The van der Waals surface area contributed by atoms with Gasteiger partial charge in [0.1, 0.15) is 5.75 Å². The fraction of sp³-hybridized carbons (Fsp3) is 0.391. The van der Waals surface area contributed by atoms with Gasteiger partial charge in [0, 0.05) is 38.3 Å². The third-order valence-corrected chi connectivity index (χ3v) is 4.94. The summed E-state index contributed by atoms with van der Waals surface area (Å²) >= 11 is 0. The number of benzene rings is 2. The summed E-state index contributed by atoms with van der Waals surface area (Å²) in [5, 5.41) is 14.8. The summed E-state index contributed by atoms with van der Waals surface area (Å²) in [5.74, 6) is -2.66. The van der Waals surface area contributed by atoms with Crippen LogP contribution in [-0.2, 0) is 9.59 Å². The molecule has 162 valence electrons. The first-order valence-corrected chi connectivity index (χ1v) is 10.2. The molecular weight excluding hydrogens is 384 g/mol. The van der Waals surface area contributed by atoms with Crippen LogP contribution in [0.25, 0.3) is 11.1 Å². The minimum Gasteiger partial charge on any atom is -0.493 e. The van der Waals surface area contributed by atoms with Gasteiger partial charge in [-0.15, -0.1) is 0 Å². The van der Waals surface area contributed by atoms with Crippen LogP contribution in [0, 0.1) is 0 Å². The molecule has 7 heteroatoms. The molecule has 0 atom stereocenters. The Labute approximate surface area is 177 Å². The van der Waals surface area contributed by atoms with Crippen molar-refractivity contribution in [3.63, 3.8) is 0 Å². The number of para-hydroxylation sites is 1. The maximum absolute atomic E-state index is 9.10. The Morgan fingerprint density at radius 3 is 2.03 bits per heavy atom. The standard InChI is InChI=1S/C21H28N2O.C2H2O4/c1-2-22-14-16-23(17-15-22)13-8-18-24-21-12-7-6-11-20(21)19-9-4-3-5-10-19;3-1(4)2(5)6/h3-7,9-12H,2,8,13-18H2,1H3;(H,3,4)(H,5,6). The Morgan fingerprint density at radius 2 is 1.43 bits per heavy atom. The maximum atomic E-state index is 9.10. The zero-order chi connectivity index (χ0) is 21.8. The quantitative estimate of drug-likeness (QED) is 0.532. The van der Waals surface area contributed by atoms with Crippen molar-refractivity contribution in [2.45, 2.75) is 13.3 Å². The molecule has 7 nitrogen and oxygen atoms in total. The molecule has 2 N–H and O–H groups in total. The van der Waals surface area contributed by atoms with Gasteiger partial charge in [-0.1, -0.05) is 55.5 Å². The molecule has 3 rings (SSSR count). The predicted molar refractivity (Wildman–Crippen MR) is 116 cm³/mol. The molecule has 0 aliphatic carbocycles. The van der Waals surface area contributed by atoms with E-state index in [9.17, 15) is 0 Å². The Hall–Kier alpha value is -2.90. The molecule has 0 unspecified atom stereocenters. The summed E-state index contributed by atoms with van der Waals surface area (Å²) in [6.45, 7) is 10.1. The lowest BCUT2D eigenvalue weighted by molar-refractivity contribution is -0.159. The summed E-state index contributed by atoms with van der Waals surface area (Å²) in [6.07, 6.45) is 1.08. The van der Waals surface area contributed by atoms with Crippen LogP contribution in [0.5, 0.6) is 5.75 Å². The Bertz CT molecular complexity index is 777. The first kappa shape index (κ1) is 23.4. The highest BCUT2D eigenvalue weighted by Gasteiger charge is 2.14. The van der Waals surface area contributed by atoms with Crippen molar-refractivity contribution in [3.8, 4) is 16.9 Å². The van der Waals surface area contributed by atoms with Crippen molar-refractivity contribution >= 4 is 11.9 Å². The molecule has 0 saturated carbocycles. The van der Waals surface area contributed by atoms with E-state index < -0.39 is 11.9 Å². The Kier molecular flexibility index (Phi) is 9.83. The third kappa shape index (κ3) is 7.85. The van der Waals surface area contributed by atoms with Crippen LogP contribution >= 0.6 is 0 Å². The number of piperazine rings is 1. The average molecular weight is 415 g/mol. The van der Waals surface area contributed by atoms with Gasteiger partial charge in [-0.25, -0.2) is 9.59 Å². The number of nitrogens with zero attached hydrogens (tertiary/aromatic N) is 2. The highest BCUT2D eigenvalue weighted by molar-refractivity contribution is 6.27. The predicted octanol–water partition coefficient (Wildman–Crippen LogP) is 2.92. The second-order valence-electron chi connectivity index (χ2n) is 6.95. The number of hydrogen-bond donors (Lipinski definition) is 2. The smallest absolute Gasteiger partial charge is 0.414 e. The minimum atomic E-state index is -1.82. The van der Waals surface area contributed by atoms with Crippen LogP contribution in [0.4, 0.5) is 0 Å². The van der Waals surface area contributed by atoms with Gasteiger partial charge in [-0.3, -0.25) is 0 Å². The summed E-state index contributed by atoms with van der Waals surface area (Å²) < 4.78 is 6.09. The van der Waals surface area contributed by atoms with Gasteiger partial charge >= 0.3 is 11.9 Å². The van der Waals surface area contributed by atoms with Crippen molar-refractivity contribution in [1.29, 1.82) is 0 Å². The van der Waals surface area contributed by atoms with Crippen LogP contribution in [0.1, 0.15) is 13.3 Å². The number of ether oxygens (including phenoxy) is 1. The first-order chi connectivity index (χ1) is 14.5. The second-order valence-corrected chi connectivity index (χ2v) is 6.95. The van der Waals surface area contributed by atoms with Gasteiger partial charge < -0.3 is 24.7 Å². The van der Waals surface area contributed by atoms with Gasteiger partial charge in [0.25, 0.3) is 0 Å². The van der Waals surface area contributed by atoms with Gasteiger partial charge in [-0.2, -0.15) is 0 Å². The van der Waals surface area contributed by atoms with E-state index in [1.807, 2.05) is 12.1 Å². The lowest BCUT2D eigenvalue weighted by Crippen LogP contribution is -2.46. The molecule has 1 heterocycles. The third-order valence-electron chi connectivity index (χ3n) is 4.94. The van der Waals surface area contributed by atoms with Crippen molar-refractivity contribution in [1.82, 2.24) is 9.80 Å². The molecule has 2 aromatic carbocycles. The van der Waals surface area contributed by atoms with E-state index in [-0.39, 0.29) is 0 Å². The van der Waals surface area contributed by atoms with Crippen molar-refractivity contribution in [3.05, 3.63) is 54.6 Å². The summed E-state index contributed by atoms with van der Waals surface area (Å²) in [5.41, 5.74) is 2.39. The summed E-state index contributed by atoms with van der Waals surface area (Å²) in [7, 11) is 0. The molecule has 0 spiro atoms. The topological polar surface area (TPSA) is 90.3 Å². The maximum Gasteiger partial charge on any atom is 0.414 e. The number of carboxylic acids is 2.